The Morgan fingerprint density at radius 2 is 2.00 bits per heavy atom. The Hall–Kier alpha value is -2.80. The Labute approximate surface area is 141 Å². The van der Waals surface area contributed by atoms with E-state index in [1.54, 1.807) is 7.11 Å². The monoisotopic (exact) mass is 339 g/mol. The van der Waals surface area contributed by atoms with Gasteiger partial charge in [-0.3, -0.25) is 0 Å². The molecule has 0 aliphatic carbocycles. The third kappa shape index (κ3) is 2.98. The van der Waals surface area contributed by atoms with Gasteiger partial charge in [0.25, 0.3) is 11.1 Å². The number of aromatic nitrogens is 3. The van der Waals surface area contributed by atoms with Crippen LogP contribution in [0.3, 0.4) is 0 Å². The molecular formula is C17H13N3O3S. The van der Waals surface area contributed by atoms with E-state index in [-0.39, 0.29) is 0 Å². The van der Waals surface area contributed by atoms with Crippen molar-refractivity contribution >= 4 is 22.9 Å². The zero-order chi connectivity index (χ0) is 16.4. The number of methoxy groups -OCH3 is 1. The summed E-state index contributed by atoms with van der Waals surface area (Å²) in [4.78, 5) is 8.81. The first kappa shape index (κ1) is 14.8. The maximum Gasteiger partial charge on any atom is 0.258 e. The minimum atomic E-state index is 0.460. The fraction of sp³-hybridized carbons (Fsp3) is 0.118. The normalized spacial score (nSPS) is 11.0. The summed E-state index contributed by atoms with van der Waals surface area (Å²) in [6.07, 6.45) is 0. The molecule has 0 saturated carbocycles. The number of thioether (sulfide) groups is 1. The second-order valence-corrected chi connectivity index (χ2v) is 5.91. The fourth-order valence-electron chi connectivity index (χ4n) is 2.23. The maximum atomic E-state index is 5.66. The molecule has 0 saturated heterocycles. The van der Waals surface area contributed by atoms with Gasteiger partial charge in [-0.15, -0.1) is 0 Å². The first-order valence-corrected chi connectivity index (χ1v) is 8.26. The van der Waals surface area contributed by atoms with E-state index in [1.807, 2.05) is 48.5 Å². The summed E-state index contributed by atoms with van der Waals surface area (Å²) in [5.74, 6) is 2.30. The van der Waals surface area contributed by atoms with Crippen molar-refractivity contribution in [1.29, 1.82) is 0 Å². The van der Waals surface area contributed by atoms with Gasteiger partial charge in [-0.25, -0.2) is 4.98 Å². The van der Waals surface area contributed by atoms with Crippen LogP contribution in [0.15, 0.2) is 62.7 Å². The van der Waals surface area contributed by atoms with E-state index in [1.165, 1.54) is 11.8 Å². The predicted molar refractivity (Wildman–Crippen MR) is 89.9 cm³/mol. The van der Waals surface area contributed by atoms with Crippen LogP contribution in [0.25, 0.3) is 22.6 Å². The highest BCUT2D eigenvalue weighted by Crippen LogP contribution is 2.27. The Balaban J connectivity index is 1.48. The molecule has 4 aromatic rings. The Kier molecular flexibility index (Phi) is 3.92. The van der Waals surface area contributed by atoms with Crippen LogP contribution in [0.1, 0.15) is 5.82 Å². The van der Waals surface area contributed by atoms with E-state index in [9.17, 15) is 0 Å². The second kappa shape index (κ2) is 6.37. The molecule has 0 fully saturated rings. The molecule has 120 valence electrons. The summed E-state index contributed by atoms with van der Waals surface area (Å²) >= 11 is 1.43. The van der Waals surface area contributed by atoms with Crippen LogP contribution >= 0.6 is 11.8 Å². The van der Waals surface area contributed by atoms with E-state index in [2.05, 4.69) is 15.1 Å². The van der Waals surface area contributed by atoms with E-state index >= 15 is 0 Å². The smallest absolute Gasteiger partial charge is 0.258 e. The van der Waals surface area contributed by atoms with E-state index in [0.29, 0.717) is 22.7 Å². The molecule has 0 amide bonds. The lowest BCUT2D eigenvalue weighted by Gasteiger charge is -1.99. The number of fused-ring (bicyclic) bond motifs is 1. The van der Waals surface area contributed by atoms with Crippen molar-refractivity contribution in [3.05, 3.63) is 54.4 Å². The first-order valence-electron chi connectivity index (χ1n) is 7.27. The highest BCUT2D eigenvalue weighted by atomic mass is 32.2. The van der Waals surface area contributed by atoms with E-state index in [4.69, 9.17) is 13.7 Å². The molecule has 6 nitrogen and oxygen atoms in total. The molecule has 7 heteroatoms. The minimum Gasteiger partial charge on any atom is -0.497 e. The molecule has 2 aromatic heterocycles. The van der Waals surface area contributed by atoms with E-state index in [0.717, 1.165) is 22.4 Å². The van der Waals surface area contributed by atoms with Gasteiger partial charge < -0.3 is 13.7 Å². The summed E-state index contributed by atoms with van der Waals surface area (Å²) in [6.45, 7) is 0. The quantitative estimate of drug-likeness (QED) is 0.505. The van der Waals surface area contributed by atoms with Gasteiger partial charge >= 0.3 is 0 Å². The lowest BCUT2D eigenvalue weighted by molar-refractivity contribution is 0.412. The van der Waals surface area contributed by atoms with Crippen LogP contribution in [0.5, 0.6) is 5.75 Å². The number of nitrogens with zero attached hydrogens (tertiary/aromatic N) is 3. The minimum absolute atomic E-state index is 0.460. The zero-order valence-electron chi connectivity index (χ0n) is 12.8. The molecule has 4 rings (SSSR count). The summed E-state index contributed by atoms with van der Waals surface area (Å²) in [6, 6.07) is 15.1. The number of ether oxygens (including phenoxy) is 1. The van der Waals surface area contributed by atoms with Crippen LogP contribution in [0.4, 0.5) is 0 Å². The molecule has 0 N–H and O–H groups in total. The summed E-state index contributed by atoms with van der Waals surface area (Å²) in [5.41, 5.74) is 2.43. The van der Waals surface area contributed by atoms with Gasteiger partial charge in [0.2, 0.25) is 0 Å². The SMILES string of the molecule is COc1cccc(-c2nc(CSc3nc4ccccc4o3)no2)c1. The summed E-state index contributed by atoms with van der Waals surface area (Å²) in [5, 5.41) is 4.59. The fourth-order valence-corrected chi connectivity index (χ4v) is 2.91. The molecule has 0 aliphatic heterocycles. The van der Waals surface area contributed by atoms with Crippen molar-refractivity contribution in [2.45, 2.75) is 11.0 Å². The topological polar surface area (TPSA) is 74.2 Å². The van der Waals surface area contributed by atoms with Crippen LogP contribution in [-0.4, -0.2) is 22.2 Å². The molecule has 0 spiro atoms. The van der Waals surface area contributed by atoms with Crippen molar-refractivity contribution in [2.24, 2.45) is 0 Å². The molecule has 0 bridgehead atoms. The first-order chi connectivity index (χ1) is 11.8. The highest BCUT2D eigenvalue weighted by Gasteiger charge is 2.12. The standard InChI is InChI=1S/C17H13N3O3S/c1-21-12-6-4-5-11(9-12)16-19-15(20-23-16)10-24-17-18-13-7-2-3-8-14(13)22-17/h2-9H,10H2,1H3. The average Bonchev–Trinajstić information content (AvgIpc) is 3.26. The maximum absolute atomic E-state index is 5.66. The zero-order valence-corrected chi connectivity index (χ0v) is 13.6. The molecule has 2 heterocycles. The molecular weight excluding hydrogens is 326 g/mol. The van der Waals surface area contributed by atoms with Gasteiger partial charge in [0.05, 0.1) is 12.9 Å². The summed E-state index contributed by atoms with van der Waals surface area (Å²) < 4.78 is 16.2. The Morgan fingerprint density at radius 1 is 1.08 bits per heavy atom. The van der Waals surface area contributed by atoms with Gasteiger partial charge in [-0.2, -0.15) is 4.98 Å². The number of hydrogen-bond donors (Lipinski definition) is 0. The van der Waals surface area contributed by atoms with Gasteiger partial charge in [0, 0.05) is 5.56 Å². The van der Waals surface area contributed by atoms with Crippen molar-refractivity contribution in [3.8, 4) is 17.2 Å². The number of hydrogen-bond acceptors (Lipinski definition) is 7. The third-order valence-electron chi connectivity index (χ3n) is 3.38. The number of oxazole rings is 1. The lowest BCUT2D eigenvalue weighted by Crippen LogP contribution is -1.85. The van der Waals surface area contributed by atoms with Crippen molar-refractivity contribution in [1.82, 2.24) is 15.1 Å². The number of para-hydroxylation sites is 2. The van der Waals surface area contributed by atoms with Crippen LogP contribution in [0.2, 0.25) is 0 Å². The largest absolute Gasteiger partial charge is 0.497 e. The molecule has 24 heavy (non-hydrogen) atoms. The van der Waals surface area contributed by atoms with Gasteiger partial charge in [0.1, 0.15) is 11.3 Å². The highest BCUT2D eigenvalue weighted by molar-refractivity contribution is 7.98. The number of rotatable bonds is 5. The van der Waals surface area contributed by atoms with Crippen LogP contribution in [0, 0.1) is 0 Å². The van der Waals surface area contributed by atoms with Gasteiger partial charge in [0.15, 0.2) is 11.4 Å². The third-order valence-corrected chi connectivity index (χ3v) is 4.21. The second-order valence-electron chi connectivity index (χ2n) is 4.98. The lowest BCUT2D eigenvalue weighted by atomic mass is 10.2. The molecule has 0 atom stereocenters. The predicted octanol–water partition coefficient (Wildman–Crippen LogP) is 4.18. The van der Waals surface area contributed by atoms with Gasteiger partial charge in [-0.1, -0.05) is 35.1 Å². The van der Waals surface area contributed by atoms with Crippen LogP contribution < -0.4 is 4.74 Å². The molecule has 0 radical (unpaired) electrons. The van der Waals surface area contributed by atoms with Gasteiger partial charge in [-0.05, 0) is 30.3 Å². The Morgan fingerprint density at radius 3 is 2.88 bits per heavy atom. The molecule has 0 unspecified atom stereocenters. The summed E-state index contributed by atoms with van der Waals surface area (Å²) in [7, 11) is 1.62. The van der Waals surface area contributed by atoms with Crippen LogP contribution in [-0.2, 0) is 5.75 Å². The van der Waals surface area contributed by atoms with Crippen molar-refractivity contribution < 1.29 is 13.7 Å². The average molecular weight is 339 g/mol. The van der Waals surface area contributed by atoms with E-state index < -0.39 is 0 Å². The molecule has 0 aliphatic rings. The van der Waals surface area contributed by atoms with Crippen molar-refractivity contribution in [3.63, 3.8) is 0 Å². The van der Waals surface area contributed by atoms with Crippen molar-refractivity contribution in [2.75, 3.05) is 7.11 Å². The number of benzene rings is 2. The Bertz CT molecular complexity index is 947. The molecule has 2 aromatic carbocycles.